The van der Waals surface area contributed by atoms with E-state index >= 15 is 0 Å². The highest BCUT2D eigenvalue weighted by Gasteiger charge is 2.18. The summed E-state index contributed by atoms with van der Waals surface area (Å²) >= 11 is 0. The number of aryl methyl sites for hydroxylation is 2. The van der Waals surface area contributed by atoms with E-state index in [1.54, 1.807) is 60.1 Å². The molecule has 4 aliphatic heterocycles. The molecule has 2 aromatic carbocycles. The Hall–Kier alpha value is -5.38. The first-order chi connectivity index (χ1) is 20.2. The second kappa shape index (κ2) is 12.4. The van der Waals surface area contributed by atoms with Gasteiger partial charge in [0, 0.05) is 26.2 Å². The average Bonchev–Trinajstić information content (AvgIpc) is 3.00. The van der Waals surface area contributed by atoms with E-state index in [0.717, 1.165) is 22.3 Å². The number of amides is 4. The van der Waals surface area contributed by atoms with Crippen LogP contribution in [0, 0.1) is 0 Å². The summed E-state index contributed by atoms with van der Waals surface area (Å²) in [5.74, 6) is -1.18. The van der Waals surface area contributed by atoms with Crippen LogP contribution in [0.2, 0.25) is 0 Å². The summed E-state index contributed by atoms with van der Waals surface area (Å²) < 4.78 is 3.36. The van der Waals surface area contributed by atoms with Gasteiger partial charge in [0.25, 0.3) is 23.6 Å². The molecule has 0 aliphatic carbocycles. The predicted molar refractivity (Wildman–Crippen MR) is 153 cm³/mol. The molecular weight excluding hydrogens is 532 g/mol. The van der Waals surface area contributed by atoms with Crippen molar-refractivity contribution in [2.24, 2.45) is 14.1 Å². The summed E-state index contributed by atoms with van der Waals surface area (Å²) in [6.07, 6.45) is 6.67. The first-order valence-corrected chi connectivity index (χ1v) is 13.5. The van der Waals surface area contributed by atoms with E-state index in [9.17, 15) is 19.2 Å². The number of benzene rings is 2. The topological polar surface area (TPSA) is 124 Å². The van der Waals surface area contributed by atoms with E-state index in [-0.39, 0.29) is 23.6 Å². The quantitative estimate of drug-likeness (QED) is 0.241. The molecular formula is C32H32N6O4+2. The van der Waals surface area contributed by atoms with Crippen molar-refractivity contribution < 1.29 is 28.3 Å². The molecule has 10 nitrogen and oxygen atoms in total. The molecule has 4 aromatic rings. The lowest BCUT2D eigenvalue weighted by atomic mass is 10.1. The molecule has 8 bridgehead atoms. The van der Waals surface area contributed by atoms with Gasteiger partial charge in [-0.25, -0.2) is 9.13 Å². The molecule has 0 fully saturated rings. The van der Waals surface area contributed by atoms with Crippen LogP contribution in [0.3, 0.4) is 0 Å². The zero-order valence-electron chi connectivity index (χ0n) is 23.4. The SMILES string of the molecule is C[n+]1cc2cc(c1)C(=O)NCc1ccc(cc1)CNC(=O)c1cc(c[n+](C)c1)C(=O)NCc1ccc(cc1)CNC2=O. The molecule has 4 aliphatic rings. The third-order valence-electron chi connectivity index (χ3n) is 6.90. The number of hydrogen-bond donors (Lipinski definition) is 4. The summed E-state index contributed by atoms with van der Waals surface area (Å²) in [5.41, 5.74) is 5.02. The largest absolute Gasteiger partial charge is 0.348 e. The van der Waals surface area contributed by atoms with Gasteiger partial charge in [0.1, 0.15) is 36.3 Å². The second-order valence-electron chi connectivity index (χ2n) is 10.3. The highest BCUT2D eigenvalue weighted by molar-refractivity contribution is 5.99. The Labute approximate surface area is 243 Å². The molecule has 0 unspecified atom stereocenters. The Morgan fingerprint density at radius 3 is 0.857 bits per heavy atom. The Balaban J connectivity index is 1.39. The fourth-order valence-corrected chi connectivity index (χ4v) is 4.62. The number of rotatable bonds is 0. The van der Waals surface area contributed by atoms with Gasteiger partial charge < -0.3 is 21.3 Å². The maximum Gasteiger partial charge on any atom is 0.257 e. The molecule has 4 N–H and O–H groups in total. The first kappa shape index (κ1) is 28.2. The van der Waals surface area contributed by atoms with E-state index in [4.69, 9.17) is 0 Å². The van der Waals surface area contributed by atoms with Gasteiger partial charge in [0.15, 0.2) is 24.8 Å². The van der Waals surface area contributed by atoms with Gasteiger partial charge >= 0.3 is 0 Å². The molecule has 0 radical (unpaired) electrons. The Morgan fingerprint density at radius 1 is 0.429 bits per heavy atom. The Kier molecular flexibility index (Phi) is 8.33. The van der Waals surface area contributed by atoms with Crippen LogP contribution in [0.25, 0.3) is 0 Å². The van der Waals surface area contributed by atoms with E-state index in [0.29, 0.717) is 48.4 Å². The minimum absolute atomic E-state index is 0.295. The van der Waals surface area contributed by atoms with Gasteiger partial charge in [-0.15, -0.1) is 0 Å². The van der Waals surface area contributed by atoms with Gasteiger partial charge in [-0.3, -0.25) is 19.2 Å². The number of pyridine rings is 2. The van der Waals surface area contributed by atoms with Crippen molar-refractivity contribution in [1.82, 2.24) is 21.3 Å². The lowest BCUT2D eigenvalue weighted by Crippen LogP contribution is -2.35. The van der Waals surface area contributed by atoms with E-state index in [2.05, 4.69) is 21.3 Å². The Morgan fingerprint density at radius 2 is 0.643 bits per heavy atom. The molecule has 6 heterocycles. The molecule has 0 saturated heterocycles. The van der Waals surface area contributed by atoms with Crippen molar-refractivity contribution >= 4 is 23.6 Å². The summed E-state index contributed by atoms with van der Waals surface area (Å²) in [5, 5.41) is 11.6. The molecule has 2 aromatic heterocycles. The van der Waals surface area contributed by atoms with Crippen LogP contribution in [0.4, 0.5) is 0 Å². The fourth-order valence-electron chi connectivity index (χ4n) is 4.62. The molecule has 42 heavy (non-hydrogen) atoms. The van der Waals surface area contributed by atoms with Crippen molar-refractivity contribution in [3.05, 3.63) is 130 Å². The molecule has 0 spiro atoms. The zero-order chi connectivity index (χ0) is 29.6. The number of aromatic nitrogens is 2. The summed E-state index contributed by atoms with van der Waals surface area (Å²) in [6, 6.07) is 18.2. The van der Waals surface area contributed by atoms with E-state index in [1.165, 1.54) is 0 Å². The third kappa shape index (κ3) is 7.03. The van der Waals surface area contributed by atoms with E-state index in [1.807, 2.05) is 48.5 Å². The number of carbonyl (C=O) groups excluding carboxylic acids is 4. The summed E-state index contributed by atoms with van der Waals surface area (Å²) in [4.78, 5) is 51.6. The van der Waals surface area contributed by atoms with Crippen molar-refractivity contribution in [3.63, 3.8) is 0 Å². The maximum atomic E-state index is 12.9. The van der Waals surface area contributed by atoms with Crippen LogP contribution in [0.15, 0.2) is 85.5 Å². The number of nitrogens with one attached hydrogen (secondary N) is 4. The van der Waals surface area contributed by atoms with E-state index < -0.39 is 0 Å². The van der Waals surface area contributed by atoms with Crippen molar-refractivity contribution in [3.8, 4) is 0 Å². The summed E-state index contributed by atoms with van der Waals surface area (Å²) in [7, 11) is 3.52. The van der Waals surface area contributed by atoms with Crippen molar-refractivity contribution in [1.29, 1.82) is 0 Å². The number of hydrogen-bond acceptors (Lipinski definition) is 4. The lowest BCUT2D eigenvalue weighted by Gasteiger charge is -2.10. The third-order valence-corrected chi connectivity index (χ3v) is 6.90. The Bertz CT molecular complexity index is 1430. The minimum Gasteiger partial charge on any atom is -0.348 e. The van der Waals surface area contributed by atoms with Crippen LogP contribution in [0.5, 0.6) is 0 Å². The monoisotopic (exact) mass is 564 g/mol. The summed E-state index contributed by atoms with van der Waals surface area (Å²) in [6.45, 7) is 1.19. The van der Waals surface area contributed by atoms with Crippen LogP contribution < -0.4 is 30.4 Å². The molecule has 10 heteroatoms. The molecule has 0 saturated carbocycles. The average molecular weight is 565 g/mol. The lowest BCUT2D eigenvalue weighted by molar-refractivity contribution is -0.671. The van der Waals surface area contributed by atoms with Crippen molar-refractivity contribution in [2.45, 2.75) is 26.2 Å². The first-order valence-electron chi connectivity index (χ1n) is 13.5. The standard InChI is InChI=1S/C32H30N6O4/c1-37-17-25-11-26(18-37)30(40)34-14-22-5-9-24(10-6-22)16-36-32(42)28-12-27(19-38(2)20-28)31(41)35-15-23-7-3-21(4-8-23)13-33-29(25)39/h3-12,17-20H,13-16H2,1-2H3,(H2-2,33,34,35,36,39,40,41,42)/p+2. The zero-order valence-corrected chi connectivity index (χ0v) is 23.4. The highest BCUT2D eigenvalue weighted by atomic mass is 16.2. The van der Waals surface area contributed by atoms with Gasteiger partial charge in [-0.05, 0) is 34.4 Å². The molecule has 212 valence electrons. The number of nitrogens with zero attached hydrogens (tertiary/aromatic N) is 2. The van der Waals surface area contributed by atoms with Crippen LogP contribution >= 0.6 is 0 Å². The maximum absolute atomic E-state index is 12.9. The number of carbonyl (C=O) groups is 4. The van der Waals surface area contributed by atoms with Crippen LogP contribution in [-0.4, -0.2) is 23.6 Å². The molecule has 8 rings (SSSR count). The normalized spacial score (nSPS) is 14.5. The minimum atomic E-state index is -0.295. The van der Waals surface area contributed by atoms with Crippen molar-refractivity contribution in [2.75, 3.05) is 0 Å². The van der Waals surface area contributed by atoms with Gasteiger partial charge in [-0.1, -0.05) is 48.5 Å². The van der Waals surface area contributed by atoms with Crippen LogP contribution in [-0.2, 0) is 40.3 Å². The highest BCUT2D eigenvalue weighted by Crippen LogP contribution is 2.10. The molecule has 0 atom stereocenters. The smallest absolute Gasteiger partial charge is 0.257 e. The van der Waals surface area contributed by atoms with Gasteiger partial charge in [0.05, 0.1) is 0 Å². The van der Waals surface area contributed by atoms with Gasteiger partial charge in [-0.2, -0.15) is 0 Å². The van der Waals surface area contributed by atoms with Gasteiger partial charge in [0.2, 0.25) is 0 Å². The van der Waals surface area contributed by atoms with Crippen LogP contribution in [0.1, 0.15) is 63.7 Å². The predicted octanol–water partition coefficient (Wildman–Crippen LogP) is 1.37. The fraction of sp³-hybridized carbons (Fsp3) is 0.188. The second-order valence-corrected chi connectivity index (χ2v) is 10.3. The molecule has 4 amide bonds.